The number of urea groups is 1. The molecule has 0 saturated heterocycles. The van der Waals surface area contributed by atoms with Gasteiger partial charge in [-0.05, 0) is 44.2 Å². The molecule has 0 aromatic heterocycles. The fraction of sp³-hybridized carbons (Fsp3) is 0.619. The summed E-state index contributed by atoms with van der Waals surface area (Å²) in [5.74, 6) is -0.799. The molecule has 0 radical (unpaired) electrons. The zero-order valence-corrected chi connectivity index (χ0v) is 16.4. The van der Waals surface area contributed by atoms with Gasteiger partial charge in [-0.15, -0.1) is 0 Å². The van der Waals surface area contributed by atoms with Gasteiger partial charge in [-0.25, -0.2) is 4.79 Å². The summed E-state index contributed by atoms with van der Waals surface area (Å²) in [6.07, 6.45) is 4.13. The second-order valence-corrected chi connectivity index (χ2v) is 8.58. The molecule has 0 unspecified atom stereocenters. The number of carbonyl (C=O) groups is 2. The number of fused-ring (bicyclic) bond motifs is 1. The third-order valence-corrected chi connectivity index (χ3v) is 6.27. The number of rotatable bonds is 6. The van der Waals surface area contributed by atoms with Crippen molar-refractivity contribution in [3.05, 3.63) is 35.4 Å². The standard InChI is InChI=1S/C21H31N3O3/c1-20(2,24-12-9-16-7-3-4-8-17(16)13-24)14-22-19(27)23-15-21(18(25)26)10-5-6-11-21/h3-4,7-8H,5-6,9-15H2,1-2H3,(H,25,26)(H2,22,23,27). The molecule has 1 aliphatic heterocycles. The summed E-state index contributed by atoms with van der Waals surface area (Å²) in [6, 6.07) is 8.23. The van der Waals surface area contributed by atoms with Crippen LogP contribution in [0.2, 0.25) is 0 Å². The zero-order valence-electron chi connectivity index (χ0n) is 16.4. The van der Waals surface area contributed by atoms with Crippen LogP contribution in [0.15, 0.2) is 24.3 Å². The van der Waals surface area contributed by atoms with Gasteiger partial charge in [0, 0.05) is 31.7 Å². The Kier molecular flexibility index (Phi) is 5.75. The van der Waals surface area contributed by atoms with E-state index in [4.69, 9.17) is 0 Å². The lowest BCUT2D eigenvalue weighted by atomic mass is 9.86. The topological polar surface area (TPSA) is 81.7 Å². The van der Waals surface area contributed by atoms with E-state index in [1.54, 1.807) is 0 Å². The summed E-state index contributed by atoms with van der Waals surface area (Å²) in [6.45, 7) is 6.84. The Labute approximate surface area is 161 Å². The highest BCUT2D eigenvalue weighted by Gasteiger charge is 2.41. The molecule has 0 atom stereocenters. The van der Waals surface area contributed by atoms with Crippen LogP contribution in [-0.2, 0) is 17.8 Å². The number of carboxylic acid groups (broad SMARTS) is 1. The fourth-order valence-electron chi connectivity index (χ4n) is 4.25. The van der Waals surface area contributed by atoms with Gasteiger partial charge < -0.3 is 15.7 Å². The first-order chi connectivity index (χ1) is 12.8. The summed E-state index contributed by atoms with van der Waals surface area (Å²) in [5.41, 5.74) is 1.79. The molecule has 6 nitrogen and oxygen atoms in total. The third kappa shape index (κ3) is 4.43. The molecule has 3 rings (SSSR count). The molecule has 1 aliphatic carbocycles. The molecule has 27 heavy (non-hydrogen) atoms. The molecule has 1 saturated carbocycles. The molecular weight excluding hydrogens is 342 g/mol. The summed E-state index contributed by atoms with van der Waals surface area (Å²) in [5, 5.41) is 15.2. The number of amides is 2. The van der Waals surface area contributed by atoms with Crippen LogP contribution >= 0.6 is 0 Å². The van der Waals surface area contributed by atoms with E-state index in [9.17, 15) is 14.7 Å². The predicted molar refractivity (Wildman–Crippen MR) is 105 cm³/mol. The molecule has 1 aromatic carbocycles. The quantitative estimate of drug-likeness (QED) is 0.716. The first-order valence-electron chi connectivity index (χ1n) is 9.89. The van der Waals surface area contributed by atoms with Crippen LogP contribution in [0.1, 0.15) is 50.7 Å². The van der Waals surface area contributed by atoms with Gasteiger partial charge >= 0.3 is 12.0 Å². The number of carboxylic acids is 1. The maximum atomic E-state index is 12.3. The molecule has 1 fully saturated rings. The van der Waals surface area contributed by atoms with E-state index in [-0.39, 0.29) is 18.1 Å². The van der Waals surface area contributed by atoms with Crippen molar-refractivity contribution in [2.24, 2.45) is 5.41 Å². The van der Waals surface area contributed by atoms with E-state index >= 15 is 0 Å². The summed E-state index contributed by atoms with van der Waals surface area (Å²) in [7, 11) is 0. The average Bonchev–Trinajstić information content (AvgIpc) is 3.15. The van der Waals surface area contributed by atoms with Crippen molar-refractivity contribution >= 4 is 12.0 Å². The Morgan fingerprint density at radius 2 is 1.81 bits per heavy atom. The van der Waals surface area contributed by atoms with Crippen LogP contribution in [0, 0.1) is 5.41 Å². The van der Waals surface area contributed by atoms with Gasteiger partial charge in [-0.3, -0.25) is 9.69 Å². The number of benzene rings is 1. The Morgan fingerprint density at radius 3 is 2.48 bits per heavy atom. The van der Waals surface area contributed by atoms with Gasteiger partial charge in [0.15, 0.2) is 0 Å². The van der Waals surface area contributed by atoms with E-state index in [1.165, 1.54) is 11.1 Å². The number of carbonyl (C=O) groups excluding carboxylic acids is 1. The SMILES string of the molecule is CC(C)(CNC(=O)NCC1(C(=O)O)CCCC1)N1CCc2ccccc2C1. The van der Waals surface area contributed by atoms with E-state index in [2.05, 4.69) is 53.6 Å². The zero-order chi connectivity index (χ0) is 19.5. The summed E-state index contributed by atoms with van der Waals surface area (Å²) >= 11 is 0. The average molecular weight is 373 g/mol. The Morgan fingerprint density at radius 1 is 1.15 bits per heavy atom. The molecular formula is C21H31N3O3. The Bertz CT molecular complexity index is 696. The highest BCUT2D eigenvalue weighted by atomic mass is 16.4. The van der Waals surface area contributed by atoms with Crippen LogP contribution in [0.3, 0.4) is 0 Å². The molecule has 0 spiro atoms. The van der Waals surface area contributed by atoms with Crippen molar-refractivity contribution in [1.82, 2.24) is 15.5 Å². The summed E-state index contributed by atoms with van der Waals surface area (Å²) < 4.78 is 0. The molecule has 1 aromatic rings. The van der Waals surface area contributed by atoms with Crippen molar-refractivity contribution in [2.45, 2.75) is 58.0 Å². The van der Waals surface area contributed by atoms with E-state index in [1.807, 2.05) is 0 Å². The van der Waals surface area contributed by atoms with Crippen molar-refractivity contribution in [1.29, 1.82) is 0 Å². The molecule has 3 N–H and O–H groups in total. The van der Waals surface area contributed by atoms with Gasteiger partial charge in [0.25, 0.3) is 0 Å². The van der Waals surface area contributed by atoms with Crippen molar-refractivity contribution in [2.75, 3.05) is 19.6 Å². The van der Waals surface area contributed by atoms with Gasteiger partial charge in [0.2, 0.25) is 0 Å². The van der Waals surface area contributed by atoms with E-state index in [0.29, 0.717) is 19.4 Å². The first-order valence-corrected chi connectivity index (χ1v) is 9.89. The highest BCUT2D eigenvalue weighted by Crippen LogP contribution is 2.37. The highest BCUT2D eigenvalue weighted by molar-refractivity contribution is 5.78. The van der Waals surface area contributed by atoms with Gasteiger partial charge in [-0.1, -0.05) is 37.1 Å². The first kappa shape index (κ1) is 19.7. The normalized spacial score (nSPS) is 19.3. The Hall–Kier alpha value is -2.08. The van der Waals surface area contributed by atoms with Crippen LogP contribution in [-0.4, -0.2) is 47.2 Å². The van der Waals surface area contributed by atoms with Crippen LogP contribution in [0.25, 0.3) is 0 Å². The van der Waals surface area contributed by atoms with Crippen molar-refractivity contribution in [3.63, 3.8) is 0 Å². The number of nitrogens with one attached hydrogen (secondary N) is 2. The minimum Gasteiger partial charge on any atom is -0.481 e. The minimum absolute atomic E-state index is 0.178. The molecule has 2 amide bonds. The lowest BCUT2D eigenvalue weighted by Gasteiger charge is -2.41. The molecule has 148 valence electrons. The van der Waals surface area contributed by atoms with E-state index < -0.39 is 11.4 Å². The number of hydrogen-bond donors (Lipinski definition) is 3. The van der Waals surface area contributed by atoms with E-state index in [0.717, 1.165) is 32.4 Å². The fourth-order valence-corrected chi connectivity index (χ4v) is 4.25. The minimum atomic E-state index is -0.799. The van der Waals surface area contributed by atoms with Crippen LogP contribution in [0.4, 0.5) is 4.79 Å². The molecule has 0 bridgehead atoms. The second-order valence-electron chi connectivity index (χ2n) is 8.58. The third-order valence-electron chi connectivity index (χ3n) is 6.27. The van der Waals surface area contributed by atoms with Gasteiger partial charge in [-0.2, -0.15) is 0 Å². The number of aliphatic carboxylic acids is 1. The number of hydrogen-bond acceptors (Lipinski definition) is 3. The van der Waals surface area contributed by atoms with Crippen LogP contribution in [0.5, 0.6) is 0 Å². The molecule has 6 heteroatoms. The lowest BCUT2D eigenvalue weighted by molar-refractivity contribution is -0.148. The monoisotopic (exact) mass is 373 g/mol. The van der Waals surface area contributed by atoms with Gasteiger partial charge in [0.1, 0.15) is 0 Å². The Balaban J connectivity index is 1.50. The van der Waals surface area contributed by atoms with Crippen LogP contribution < -0.4 is 10.6 Å². The number of nitrogens with zero attached hydrogens (tertiary/aromatic N) is 1. The maximum absolute atomic E-state index is 12.3. The lowest BCUT2D eigenvalue weighted by Crippen LogP contribution is -2.55. The predicted octanol–water partition coefficient (Wildman–Crippen LogP) is 2.77. The van der Waals surface area contributed by atoms with Crippen molar-refractivity contribution in [3.8, 4) is 0 Å². The smallest absolute Gasteiger partial charge is 0.314 e. The molecule has 1 heterocycles. The van der Waals surface area contributed by atoms with Crippen molar-refractivity contribution < 1.29 is 14.7 Å². The van der Waals surface area contributed by atoms with Gasteiger partial charge in [0.05, 0.1) is 5.41 Å². The maximum Gasteiger partial charge on any atom is 0.314 e. The second kappa shape index (κ2) is 7.89. The molecule has 2 aliphatic rings. The largest absolute Gasteiger partial charge is 0.481 e. The summed E-state index contributed by atoms with van der Waals surface area (Å²) in [4.78, 5) is 26.2.